The lowest BCUT2D eigenvalue weighted by atomic mass is 9.47. The molecule has 1 spiro atoms. The molecule has 2 aliphatic carbocycles. The lowest BCUT2D eigenvalue weighted by molar-refractivity contribution is -0.241. The third-order valence-corrected chi connectivity index (χ3v) is 15.9. The minimum atomic E-state index is -2.99. The van der Waals surface area contributed by atoms with Gasteiger partial charge in [0.1, 0.15) is 5.41 Å². The van der Waals surface area contributed by atoms with Gasteiger partial charge in [0.25, 0.3) is 0 Å². The molecular formula is C46H57F2N5O9. The smallest absolute Gasteiger partial charge is 0.341 e. The third kappa shape index (κ3) is 5.70. The number of carboxylic acid groups (broad SMARTS) is 1. The number of benzene rings is 1. The molecule has 1 amide bonds. The van der Waals surface area contributed by atoms with Gasteiger partial charge in [-0.25, -0.2) is 13.6 Å². The van der Waals surface area contributed by atoms with Crippen LogP contribution >= 0.6 is 0 Å². The number of allylic oxidation sites excluding steroid dienone is 1. The number of likely N-dealkylation sites (tertiary alicyclic amines) is 1. The van der Waals surface area contributed by atoms with Crippen LogP contribution in [0.4, 0.5) is 14.5 Å². The van der Waals surface area contributed by atoms with Crippen molar-refractivity contribution in [3.63, 3.8) is 0 Å². The summed E-state index contributed by atoms with van der Waals surface area (Å²) in [6.07, 6.45) is 6.65. The molecule has 12 atom stereocenters. The summed E-state index contributed by atoms with van der Waals surface area (Å²) in [7, 11) is 4.62. The molecule has 4 unspecified atom stereocenters. The van der Waals surface area contributed by atoms with E-state index in [4.69, 9.17) is 14.2 Å². The molecule has 9 rings (SSSR count). The van der Waals surface area contributed by atoms with Crippen molar-refractivity contribution >= 4 is 40.4 Å². The number of hydrogen-bond donors (Lipinski definition) is 4. The SMILES string of the molecule is CC[C@]12C=CCN3CC[C@@]4(C5=CC([C@@]6(C(=O)OC)C[C@H]7CC(C(C)(F)F)CN(Cc8c6[nH]c6ccc(NC(C)=O)cc86)C7)C(OC)C=C5N(C)[C@H]4[C@@](O)(C(=O)O)[C@@H]1OC(C)=O)[C@@H]32. The van der Waals surface area contributed by atoms with E-state index in [1.54, 1.807) is 25.1 Å². The molecule has 5 aliphatic heterocycles. The number of piperidine rings is 1. The van der Waals surface area contributed by atoms with Gasteiger partial charge in [-0.3, -0.25) is 24.2 Å². The number of fused-ring (bicyclic) bond motifs is 6. The molecule has 7 aliphatic rings. The number of rotatable bonds is 8. The number of amides is 1. The number of carbonyl (C=O) groups excluding carboxylic acids is 3. The number of aromatic amines is 1. The Morgan fingerprint density at radius 1 is 1.10 bits per heavy atom. The van der Waals surface area contributed by atoms with Gasteiger partial charge in [-0.2, -0.15) is 0 Å². The van der Waals surface area contributed by atoms with Crippen LogP contribution in [-0.4, -0.2) is 137 Å². The van der Waals surface area contributed by atoms with Crippen LogP contribution in [0.25, 0.3) is 10.9 Å². The van der Waals surface area contributed by atoms with E-state index in [9.17, 15) is 24.6 Å². The second-order valence-electron chi connectivity index (χ2n) is 19.1. The maximum absolute atomic E-state index is 15.4. The highest BCUT2D eigenvalue weighted by molar-refractivity contribution is 5.96. The average Bonchev–Trinajstić information content (AvgIpc) is 3.86. The van der Waals surface area contributed by atoms with Crippen LogP contribution in [0.15, 0.2) is 53.8 Å². The Balaban J connectivity index is 1.32. The third-order valence-electron chi connectivity index (χ3n) is 15.9. The van der Waals surface area contributed by atoms with Crippen molar-refractivity contribution in [2.45, 2.75) is 101 Å². The van der Waals surface area contributed by atoms with Crippen LogP contribution in [0.1, 0.15) is 64.6 Å². The van der Waals surface area contributed by atoms with Gasteiger partial charge < -0.3 is 39.6 Å². The van der Waals surface area contributed by atoms with Gasteiger partial charge in [-0.05, 0) is 80.5 Å². The topological polar surface area (TPSA) is 174 Å². The Morgan fingerprint density at radius 2 is 1.85 bits per heavy atom. The molecular weight excluding hydrogens is 805 g/mol. The molecule has 1 saturated carbocycles. The van der Waals surface area contributed by atoms with Gasteiger partial charge in [-0.1, -0.05) is 25.2 Å². The fourth-order valence-corrected chi connectivity index (χ4v) is 13.9. The van der Waals surface area contributed by atoms with Crippen molar-refractivity contribution < 1.29 is 52.4 Å². The van der Waals surface area contributed by atoms with E-state index < -0.39 is 81.8 Å². The summed E-state index contributed by atoms with van der Waals surface area (Å²) < 4.78 is 49.1. The first-order valence-electron chi connectivity index (χ1n) is 21.7. The Kier molecular flexibility index (Phi) is 9.94. The number of aliphatic carboxylic acids is 1. The van der Waals surface area contributed by atoms with E-state index in [0.29, 0.717) is 55.1 Å². The molecule has 62 heavy (non-hydrogen) atoms. The maximum atomic E-state index is 15.4. The van der Waals surface area contributed by atoms with Gasteiger partial charge in [-0.15, -0.1) is 0 Å². The number of alkyl halides is 2. The second kappa shape index (κ2) is 14.4. The highest BCUT2D eigenvalue weighted by atomic mass is 19.3. The van der Waals surface area contributed by atoms with E-state index in [1.165, 1.54) is 21.0 Å². The minimum absolute atomic E-state index is 0.121. The standard InChI is InChI=1S/C46H57F2N5O9/c1-8-43-12-9-14-53-15-13-44(37(43)53)31-18-32(35(60-6)19-34(31)51(5)38(44)46(59,40(56)57)39(43)62-25(3)55)45(41(58)61-7)20-26-16-27(42(4,47)48)22-52(21-26)23-30-29-17-28(49-24(2)54)10-11-33(29)50-36(30)45/h9-12,17-19,26-27,32,35,37-39,50,59H,8,13-16,20-23H2,1-7H3,(H,49,54)(H,56,57)/t26-,27?,32?,35?,37+,38-,39-,43-,44-,45+,46+/m1/s1. The summed E-state index contributed by atoms with van der Waals surface area (Å²) >= 11 is 0. The summed E-state index contributed by atoms with van der Waals surface area (Å²) in [5, 5.41) is 27.9. The number of nitrogens with one attached hydrogen (secondary N) is 2. The van der Waals surface area contributed by atoms with Gasteiger partial charge in [0.15, 0.2) is 6.10 Å². The molecule has 0 radical (unpaired) electrons. The summed E-state index contributed by atoms with van der Waals surface area (Å²) in [6, 6.07) is 3.89. The number of hydrogen-bond acceptors (Lipinski definition) is 11. The fourth-order valence-electron chi connectivity index (χ4n) is 13.9. The normalized spacial score (nSPS) is 38.4. The number of carboxylic acids is 1. The van der Waals surface area contributed by atoms with E-state index in [1.807, 2.05) is 48.3 Å². The van der Waals surface area contributed by atoms with Gasteiger partial charge >= 0.3 is 17.9 Å². The monoisotopic (exact) mass is 861 g/mol. The lowest BCUT2D eigenvalue weighted by Crippen LogP contribution is -2.79. The summed E-state index contributed by atoms with van der Waals surface area (Å²) in [5.74, 6) is -8.24. The molecule has 1 aromatic carbocycles. The number of esters is 2. The number of carbonyl (C=O) groups is 4. The van der Waals surface area contributed by atoms with Crippen LogP contribution in [0.3, 0.4) is 0 Å². The van der Waals surface area contributed by atoms with Crippen molar-refractivity contribution in [1.29, 1.82) is 0 Å². The maximum Gasteiger partial charge on any atom is 0.341 e. The lowest BCUT2D eigenvalue weighted by Gasteiger charge is -2.63. The number of halogens is 2. The molecule has 4 fully saturated rings. The van der Waals surface area contributed by atoms with Crippen LogP contribution in [0, 0.1) is 28.6 Å². The Morgan fingerprint density at radius 3 is 2.50 bits per heavy atom. The zero-order valence-electron chi connectivity index (χ0n) is 36.3. The zero-order valence-corrected chi connectivity index (χ0v) is 36.3. The predicted molar refractivity (Wildman–Crippen MR) is 223 cm³/mol. The van der Waals surface area contributed by atoms with Gasteiger partial charge in [0.2, 0.25) is 17.4 Å². The van der Waals surface area contributed by atoms with Gasteiger partial charge in [0.05, 0.1) is 19.3 Å². The first kappa shape index (κ1) is 42.7. The Hall–Kier alpha value is -4.64. The number of ether oxygens (including phenoxy) is 3. The largest absolute Gasteiger partial charge is 0.479 e. The number of H-pyrrole nitrogens is 1. The van der Waals surface area contributed by atoms with Crippen LogP contribution in [0.5, 0.6) is 0 Å². The number of aliphatic hydroxyl groups is 1. The number of nitrogens with zero attached hydrogens (tertiary/aromatic N) is 3. The van der Waals surface area contributed by atoms with Gasteiger partial charge in [0, 0.05) is 111 Å². The first-order valence-corrected chi connectivity index (χ1v) is 21.7. The summed E-state index contributed by atoms with van der Waals surface area (Å²) in [4.78, 5) is 64.0. The predicted octanol–water partition coefficient (Wildman–Crippen LogP) is 4.59. The van der Waals surface area contributed by atoms with E-state index in [2.05, 4.69) is 15.2 Å². The number of anilines is 1. The molecule has 4 N–H and O–H groups in total. The van der Waals surface area contributed by atoms with Crippen LogP contribution in [0.2, 0.25) is 0 Å². The molecule has 14 nitrogen and oxygen atoms in total. The van der Waals surface area contributed by atoms with Crippen LogP contribution in [-0.2, 0) is 45.3 Å². The molecule has 2 bridgehead atoms. The molecule has 1 aromatic heterocycles. The van der Waals surface area contributed by atoms with Crippen molar-refractivity contribution in [2.75, 3.05) is 52.8 Å². The van der Waals surface area contributed by atoms with E-state index in [-0.39, 0.29) is 37.8 Å². The van der Waals surface area contributed by atoms with Crippen molar-refractivity contribution in [1.82, 2.24) is 19.7 Å². The molecule has 2 aromatic rings. The molecule has 334 valence electrons. The summed E-state index contributed by atoms with van der Waals surface area (Å²) in [6.45, 7) is 7.48. The number of aromatic nitrogens is 1. The van der Waals surface area contributed by atoms with Crippen LogP contribution < -0.4 is 5.32 Å². The molecule has 3 saturated heterocycles. The second-order valence-corrected chi connectivity index (χ2v) is 19.1. The van der Waals surface area contributed by atoms with E-state index in [0.717, 1.165) is 23.4 Å². The summed E-state index contributed by atoms with van der Waals surface area (Å²) in [5.41, 5.74) is -2.45. The highest BCUT2D eigenvalue weighted by Crippen LogP contribution is 2.70. The molecule has 16 heteroatoms. The number of methoxy groups -OCH3 is 2. The quantitative estimate of drug-likeness (QED) is 0.215. The molecule has 6 heterocycles. The highest BCUT2D eigenvalue weighted by Gasteiger charge is 2.81. The first-order chi connectivity index (χ1) is 29.3. The van der Waals surface area contributed by atoms with Crippen molar-refractivity contribution in [3.8, 4) is 0 Å². The number of likely N-dealkylation sites (N-methyl/N-ethyl adjacent to an activating group) is 1. The van der Waals surface area contributed by atoms with Crippen molar-refractivity contribution in [2.24, 2.45) is 28.6 Å². The fraction of sp³-hybridized carbons (Fsp3) is 0.609. The minimum Gasteiger partial charge on any atom is -0.479 e. The average molecular weight is 862 g/mol. The zero-order chi connectivity index (χ0) is 44.5. The Bertz CT molecular complexity index is 2340. The van der Waals surface area contributed by atoms with E-state index >= 15 is 13.6 Å². The van der Waals surface area contributed by atoms with Crippen molar-refractivity contribution in [3.05, 3.63) is 65.0 Å². The Labute approximate surface area is 359 Å².